The number of anilines is 1. The molecule has 1 atom stereocenters. The van der Waals surface area contributed by atoms with Crippen LogP contribution in [-0.2, 0) is 9.59 Å². The number of β-amino-alcohol motifs (C(OH)–C–C–N with tert-alkyl or cyclic N) is 1. The highest BCUT2D eigenvalue weighted by atomic mass is 16.4. The van der Waals surface area contributed by atoms with Crippen molar-refractivity contribution in [2.24, 2.45) is 0 Å². The van der Waals surface area contributed by atoms with Crippen molar-refractivity contribution >= 4 is 28.5 Å². The fourth-order valence-corrected chi connectivity index (χ4v) is 3.57. The molecule has 0 aromatic carbocycles. The Balaban J connectivity index is 1.73. The molecule has 1 aliphatic rings. The summed E-state index contributed by atoms with van der Waals surface area (Å²) in [7, 11) is 1.60. The van der Waals surface area contributed by atoms with Crippen molar-refractivity contribution in [3.8, 4) is 0 Å². The third-order valence-electron chi connectivity index (χ3n) is 4.90. The number of carbonyl (C=O) groups excluding carboxylic acids is 1. The van der Waals surface area contributed by atoms with Gasteiger partial charge in [-0.25, -0.2) is 0 Å². The second-order valence-electron chi connectivity index (χ2n) is 7.22. The van der Waals surface area contributed by atoms with E-state index in [-0.39, 0.29) is 25.3 Å². The third kappa shape index (κ3) is 4.33. The monoisotopic (exact) mass is 372 g/mol. The van der Waals surface area contributed by atoms with E-state index in [1.807, 2.05) is 19.1 Å². The molecular weight excluding hydrogens is 348 g/mol. The number of rotatable bonds is 6. The first-order valence-electron chi connectivity index (χ1n) is 8.92. The number of aliphatic hydroxyl groups is 1. The average Bonchev–Trinajstić information content (AvgIpc) is 3.00. The molecule has 0 bridgehead atoms. The quantitative estimate of drug-likeness (QED) is 0.785. The summed E-state index contributed by atoms with van der Waals surface area (Å²) in [5.41, 5.74) is 1.68. The molecule has 3 rings (SSSR count). The molecule has 0 unspecified atom stereocenters. The number of hydrogen-bond acceptors (Lipinski definition) is 6. The molecule has 2 N–H and O–H groups in total. The Kier molecular flexibility index (Phi) is 5.27. The van der Waals surface area contributed by atoms with Gasteiger partial charge < -0.3 is 20.0 Å². The van der Waals surface area contributed by atoms with E-state index in [1.165, 1.54) is 4.90 Å². The van der Waals surface area contributed by atoms with Crippen LogP contribution in [0.5, 0.6) is 0 Å². The molecule has 144 valence electrons. The van der Waals surface area contributed by atoms with Crippen molar-refractivity contribution in [2.75, 3.05) is 31.6 Å². The number of likely N-dealkylation sites (N-methyl/N-ethyl adjacent to an activating group) is 1. The smallest absolute Gasteiger partial charge is 0.303 e. The van der Waals surface area contributed by atoms with E-state index >= 15 is 0 Å². The van der Waals surface area contributed by atoms with Gasteiger partial charge in [-0.1, -0.05) is 0 Å². The summed E-state index contributed by atoms with van der Waals surface area (Å²) in [6.07, 6.45) is 3.73. The zero-order chi connectivity index (χ0) is 19.6. The predicted octanol–water partition coefficient (Wildman–Crippen LogP) is 1.20. The number of carbonyl (C=O) groups is 2. The maximum absolute atomic E-state index is 12.1. The molecule has 0 aliphatic carbocycles. The Hall–Kier alpha value is -2.74. The molecule has 8 heteroatoms. The SMILES string of the molecule is Cc1cc(N2CC[C@@](O)(CN(C)C(=O)CCC(=O)O)C2)c2cnccc2n1. The number of aliphatic carboxylic acids is 1. The van der Waals surface area contributed by atoms with Gasteiger partial charge in [-0.05, 0) is 25.5 Å². The van der Waals surface area contributed by atoms with Crippen molar-refractivity contribution in [3.63, 3.8) is 0 Å². The highest BCUT2D eigenvalue weighted by molar-refractivity contribution is 5.91. The number of carboxylic acids is 1. The summed E-state index contributed by atoms with van der Waals surface area (Å²) in [4.78, 5) is 34.9. The van der Waals surface area contributed by atoms with Crippen molar-refractivity contribution in [1.29, 1.82) is 0 Å². The van der Waals surface area contributed by atoms with Gasteiger partial charge in [0.05, 0.1) is 18.5 Å². The van der Waals surface area contributed by atoms with Crippen LogP contribution < -0.4 is 4.90 Å². The van der Waals surface area contributed by atoms with E-state index in [4.69, 9.17) is 5.11 Å². The lowest BCUT2D eigenvalue weighted by atomic mass is 10.0. The Labute approximate surface area is 157 Å². The molecule has 3 heterocycles. The van der Waals surface area contributed by atoms with Crippen LogP contribution in [0.25, 0.3) is 10.9 Å². The van der Waals surface area contributed by atoms with Gasteiger partial charge in [0.2, 0.25) is 5.91 Å². The summed E-state index contributed by atoms with van der Waals surface area (Å²) in [6, 6.07) is 3.85. The number of nitrogens with zero attached hydrogens (tertiary/aromatic N) is 4. The summed E-state index contributed by atoms with van der Waals surface area (Å²) in [6.45, 7) is 3.14. The van der Waals surface area contributed by atoms with Gasteiger partial charge in [-0.3, -0.25) is 19.6 Å². The topological polar surface area (TPSA) is 107 Å². The number of hydrogen-bond donors (Lipinski definition) is 2. The number of aromatic nitrogens is 2. The van der Waals surface area contributed by atoms with Gasteiger partial charge in [-0.15, -0.1) is 0 Å². The van der Waals surface area contributed by atoms with Crippen LogP contribution >= 0.6 is 0 Å². The summed E-state index contributed by atoms with van der Waals surface area (Å²) in [5, 5.41) is 20.6. The minimum atomic E-state index is -1.04. The Morgan fingerprint density at radius 3 is 2.89 bits per heavy atom. The second kappa shape index (κ2) is 7.48. The van der Waals surface area contributed by atoms with E-state index in [0.717, 1.165) is 22.3 Å². The van der Waals surface area contributed by atoms with Crippen LogP contribution in [0.1, 0.15) is 25.0 Å². The zero-order valence-corrected chi connectivity index (χ0v) is 15.6. The van der Waals surface area contributed by atoms with Gasteiger partial charge in [0.1, 0.15) is 5.60 Å². The van der Waals surface area contributed by atoms with Crippen molar-refractivity contribution < 1.29 is 19.8 Å². The fraction of sp³-hybridized carbons (Fsp3) is 0.474. The van der Waals surface area contributed by atoms with Gasteiger partial charge >= 0.3 is 5.97 Å². The maximum atomic E-state index is 12.1. The normalized spacial score (nSPS) is 19.4. The Bertz CT molecular complexity index is 872. The Morgan fingerprint density at radius 1 is 1.37 bits per heavy atom. The predicted molar refractivity (Wildman–Crippen MR) is 101 cm³/mol. The average molecular weight is 372 g/mol. The maximum Gasteiger partial charge on any atom is 0.303 e. The molecule has 1 saturated heterocycles. The van der Waals surface area contributed by atoms with Crippen LogP contribution in [0, 0.1) is 6.92 Å². The largest absolute Gasteiger partial charge is 0.481 e. The van der Waals surface area contributed by atoms with E-state index in [2.05, 4.69) is 14.9 Å². The van der Waals surface area contributed by atoms with Crippen molar-refractivity contribution in [1.82, 2.24) is 14.9 Å². The Morgan fingerprint density at radius 2 is 2.15 bits per heavy atom. The molecule has 8 nitrogen and oxygen atoms in total. The highest BCUT2D eigenvalue weighted by Gasteiger charge is 2.38. The molecule has 0 spiro atoms. The van der Waals surface area contributed by atoms with Crippen LogP contribution in [0.3, 0.4) is 0 Å². The number of aryl methyl sites for hydroxylation is 1. The second-order valence-corrected chi connectivity index (χ2v) is 7.22. The van der Waals surface area contributed by atoms with E-state index in [9.17, 15) is 14.7 Å². The molecule has 1 fully saturated rings. The zero-order valence-electron chi connectivity index (χ0n) is 15.6. The van der Waals surface area contributed by atoms with Gasteiger partial charge in [0.15, 0.2) is 0 Å². The lowest BCUT2D eigenvalue weighted by molar-refractivity contribution is -0.141. The first kappa shape index (κ1) is 19.0. The molecule has 1 aliphatic heterocycles. The molecule has 2 aromatic rings. The van der Waals surface area contributed by atoms with Crippen LogP contribution in [0.2, 0.25) is 0 Å². The first-order valence-corrected chi connectivity index (χ1v) is 8.92. The summed E-state index contributed by atoms with van der Waals surface area (Å²) in [5.74, 6) is -1.28. The molecule has 0 saturated carbocycles. The highest BCUT2D eigenvalue weighted by Crippen LogP contribution is 2.32. The van der Waals surface area contributed by atoms with Gasteiger partial charge in [0, 0.05) is 55.7 Å². The third-order valence-corrected chi connectivity index (χ3v) is 4.90. The minimum Gasteiger partial charge on any atom is -0.481 e. The molecule has 2 aromatic heterocycles. The molecule has 1 amide bonds. The lowest BCUT2D eigenvalue weighted by Crippen LogP contribution is -2.45. The minimum absolute atomic E-state index is 0.0640. The van der Waals surface area contributed by atoms with E-state index < -0.39 is 11.6 Å². The van der Waals surface area contributed by atoms with Crippen molar-refractivity contribution in [2.45, 2.75) is 31.8 Å². The molecule has 0 radical (unpaired) electrons. The van der Waals surface area contributed by atoms with Crippen LogP contribution in [-0.4, -0.2) is 69.2 Å². The number of amides is 1. The van der Waals surface area contributed by atoms with E-state index in [0.29, 0.717) is 19.5 Å². The standard InChI is InChI=1S/C19H24N4O4/c1-13-9-16(14-10-20-7-5-15(14)21-13)23-8-6-19(27,12-23)11-22(2)17(24)3-4-18(25)26/h5,7,9-10,27H,3-4,6,8,11-12H2,1-2H3,(H,25,26)/t19-/m1/s1. The van der Waals surface area contributed by atoms with Crippen LogP contribution in [0.4, 0.5) is 5.69 Å². The molecular formula is C19H24N4O4. The van der Waals surface area contributed by atoms with Crippen molar-refractivity contribution in [3.05, 3.63) is 30.2 Å². The fourth-order valence-electron chi connectivity index (χ4n) is 3.57. The number of pyridine rings is 2. The lowest BCUT2D eigenvalue weighted by Gasteiger charge is -2.29. The summed E-state index contributed by atoms with van der Waals surface area (Å²) < 4.78 is 0. The van der Waals surface area contributed by atoms with Crippen LogP contribution in [0.15, 0.2) is 24.5 Å². The van der Waals surface area contributed by atoms with Gasteiger partial charge in [0.25, 0.3) is 0 Å². The number of fused-ring (bicyclic) bond motifs is 1. The first-order chi connectivity index (χ1) is 12.8. The number of carboxylic acid groups (broad SMARTS) is 1. The summed E-state index contributed by atoms with van der Waals surface area (Å²) >= 11 is 0. The van der Waals surface area contributed by atoms with Gasteiger partial charge in [-0.2, -0.15) is 0 Å². The van der Waals surface area contributed by atoms with E-state index in [1.54, 1.807) is 19.4 Å². The molecule has 27 heavy (non-hydrogen) atoms.